The molecule has 0 aromatic heterocycles. The molecule has 1 atom stereocenters. The molecule has 18 heavy (non-hydrogen) atoms. The minimum atomic E-state index is -0.939. The van der Waals surface area contributed by atoms with E-state index in [2.05, 4.69) is 5.32 Å². The molecule has 0 saturated carbocycles. The van der Waals surface area contributed by atoms with Gasteiger partial charge in [-0.1, -0.05) is 19.1 Å². The van der Waals surface area contributed by atoms with Crippen molar-refractivity contribution < 1.29 is 14.3 Å². The number of Topliss-reactive ketones (excluding diaryl/α,β-unsaturated/α-hetero) is 1. The Morgan fingerprint density at radius 3 is 2.67 bits per heavy atom. The Morgan fingerprint density at radius 2 is 1.94 bits per heavy atom. The van der Waals surface area contributed by atoms with Gasteiger partial charge in [-0.05, 0) is 26.0 Å². The number of rotatable bonds is 0. The fourth-order valence-corrected chi connectivity index (χ4v) is 1.82. The summed E-state index contributed by atoms with van der Waals surface area (Å²) in [5, 5.41) is 2.76. The van der Waals surface area contributed by atoms with Gasteiger partial charge in [0.15, 0.2) is 5.78 Å². The standard InChI is InChI=1S/C14H17NO3/c1-9-8-18-14(2,3)13(17)15-11-7-5-4-6-10(11)12(9)16/h4-7,9H,8H2,1-3H3,(H,15,17). The third-order valence-corrected chi connectivity index (χ3v) is 3.13. The van der Waals surface area contributed by atoms with E-state index >= 15 is 0 Å². The molecule has 1 aromatic rings. The van der Waals surface area contributed by atoms with Crippen LogP contribution < -0.4 is 5.32 Å². The van der Waals surface area contributed by atoms with E-state index in [9.17, 15) is 9.59 Å². The lowest BCUT2D eigenvalue weighted by Gasteiger charge is -2.24. The van der Waals surface area contributed by atoms with Crippen molar-refractivity contribution in [3.05, 3.63) is 29.8 Å². The highest BCUT2D eigenvalue weighted by atomic mass is 16.5. The molecule has 4 heteroatoms. The van der Waals surface area contributed by atoms with Gasteiger partial charge in [0, 0.05) is 11.5 Å². The number of ether oxygens (including phenoxy) is 1. The number of amides is 1. The van der Waals surface area contributed by atoms with E-state index < -0.39 is 5.60 Å². The molecule has 0 radical (unpaired) electrons. The fraction of sp³-hybridized carbons (Fsp3) is 0.429. The van der Waals surface area contributed by atoms with Gasteiger partial charge in [0.1, 0.15) is 5.60 Å². The molecule has 2 rings (SSSR count). The number of para-hydroxylation sites is 1. The molecule has 0 aliphatic carbocycles. The van der Waals surface area contributed by atoms with Crippen LogP contribution in [0.1, 0.15) is 31.1 Å². The molecule has 1 N–H and O–H groups in total. The van der Waals surface area contributed by atoms with Crippen LogP contribution in [0.3, 0.4) is 0 Å². The van der Waals surface area contributed by atoms with Gasteiger partial charge in [0.05, 0.1) is 12.3 Å². The second-order valence-corrected chi connectivity index (χ2v) is 5.09. The molecule has 0 bridgehead atoms. The number of benzene rings is 1. The molecule has 1 aliphatic heterocycles. The summed E-state index contributed by atoms with van der Waals surface area (Å²) in [5.41, 5.74) is 0.156. The number of nitrogens with one attached hydrogen (secondary N) is 1. The SMILES string of the molecule is CC1COC(C)(C)C(=O)Nc2ccccc2C1=O. The summed E-state index contributed by atoms with van der Waals surface area (Å²) < 4.78 is 5.54. The van der Waals surface area contributed by atoms with Crippen LogP contribution >= 0.6 is 0 Å². The quantitative estimate of drug-likeness (QED) is 0.765. The molecule has 1 unspecified atom stereocenters. The lowest BCUT2D eigenvalue weighted by atomic mass is 9.99. The molecule has 0 spiro atoms. The minimum absolute atomic E-state index is 0.0106. The number of carbonyl (C=O) groups excluding carboxylic acids is 2. The van der Waals surface area contributed by atoms with Gasteiger partial charge in [-0.2, -0.15) is 0 Å². The average Bonchev–Trinajstić information content (AvgIpc) is 2.37. The van der Waals surface area contributed by atoms with Crippen LogP contribution in [-0.2, 0) is 9.53 Å². The Hall–Kier alpha value is -1.68. The van der Waals surface area contributed by atoms with E-state index in [4.69, 9.17) is 4.74 Å². The number of ketones is 1. The lowest BCUT2D eigenvalue weighted by molar-refractivity contribution is -0.137. The van der Waals surface area contributed by atoms with Gasteiger partial charge in [-0.3, -0.25) is 9.59 Å². The number of hydrogen-bond acceptors (Lipinski definition) is 3. The first-order chi connectivity index (χ1) is 8.42. The van der Waals surface area contributed by atoms with Gasteiger partial charge >= 0.3 is 0 Å². The summed E-state index contributed by atoms with van der Waals surface area (Å²) in [6, 6.07) is 7.05. The minimum Gasteiger partial charge on any atom is -0.365 e. The Kier molecular flexibility index (Phi) is 3.22. The van der Waals surface area contributed by atoms with Gasteiger partial charge in [-0.25, -0.2) is 0 Å². The maximum absolute atomic E-state index is 12.2. The Morgan fingerprint density at radius 1 is 1.28 bits per heavy atom. The maximum Gasteiger partial charge on any atom is 0.256 e. The van der Waals surface area contributed by atoms with Crippen molar-refractivity contribution in [3.63, 3.8) is 0 Å². The molecule has 0 saturated heterocycles. The maximum atomic E-state index is 12.2. The van der Waals surface area contributed by atoms with E-state index in [0.29, 0.717) is 11.3 Å². The van der Waals surface area contributed by atoms with Gasteiger partial charge in [0.2, 0.25) is 0 Å². The van der Waals surface area contributed by atoms with Crippen LogP contribution in [0.5, 0.6) is 0 Å². The fourth-order valence-electron chi connectivity index (χ4n) is 1.82. The highest BCUT2D eigenvalue weighted by Gasteiger charge is 2.33. The number of anilines is 1. The molecule has 0 fully saturated rings. The second-order valence-electron chi connectivity index (χ2n) is 5.09. The van der Waals surface area contributed by atoms with Crippen molar-refractivity contribution in [1.82, 2.24) is 0 Å². The zero-order chi connectivity index (χ0) is 13.3. The molecule has 1 heterocycles. The highest BCUT2D eigenvalue weighted by molar-refractivity contribution is 6.07. The van der Waals surface area contributed by atoms with Crippen LogP contribution in [0, 0.1) is 5.92 Å². The van der Waals surface area contributed by atoms with E-state index in [-0.39, 0.29) is 24.2 Å². The monoisotopic (exact) mass is 247 g/mol. The first-order valence-electron chi connectivity index (χ1n) is 6.00. The second kappa shape index (κ2) is 4.53. The van der Waals surface area contributed by atoms with Crippen molar-refractivity contribution in [2.45, 2.75) is 26.4 Å². The van der Waals surface area contributed by atoms with Gasteiger partial charge in [0.25, 0.3) is 5.91 Å². The molecule has 1 aliphatic rings. The smallest absolute Gasteiger partial charge is 0.256 e. The number of carbonyl (C=O) groups is 2. The summed E-state index contributed by atoms with van der Waals surface area (Å²) in [6.45, 7) is 5.46. The number of fused-ring (bicyclic) bond motifs is 1. The van der Waals surface area contributed by atoms with Crippen molar-refractivity contribution in [3.8, 4) is 0 Å². The predicted molar refractivity (Wildman–Crippen MR) is 68.6 cm³/mol. The molecule has 1 aromatic carbocycles. The molecule has 4 nitrogen and oxygen atoms in total. The first-order valence-corrected chi connectivity index (χ1v) is 6.00. The van der Waals surface area contributed by atoms with Gasteiger partial charge < -0.3 is 10.1 Å². The summed E-state index contributed by atoms with van der Waals surface area (Å²) >= 11 is 0. The van der Waals surface area contributed by atoms with E-state index in [1.165, 1.54) is 0 Å². The third-order valence-electron chi connectivity index (χ3n) is 3.13. The van der Waals surface area contributed by atoms with Crippen LogP contribution in [0.4, 0.5) is 5.69 Å². The van der Waals surface area contributed by atoms with E-state index in [1.54, 1.807) is 38.1 Å². The first kappa shape index (κ1) is 12.8. The van der Waals surface area contributed by atoms with Crippen molar-refractivity contribution in [2.75, 3.05) is 11.9 Å². The summed E-state index contributed by atoms with van der Waals surface area (Å²) in [5.74, 6) is -0.515. The Bertz CT molecular complexity index is 494. The van der Waals surface area contributed by atoms with Crippen LogP contribution in [-0.4, -0.2) is 23.9 Å². The zero-order valence-electron chi connectivity index (χ0n) is 10.8. The molecule has 1 amide bonds. The highest BCUT2D eigenvalue weighted by Crippen LogP contribution is 2.24. The van der Waals surface area contributed by atoms with E-state index in [0.717, 1.165) is 0 Å². The topological polar surface area (TPSA) is 55.4 Å². The van der Waals surface area contributed by atoms with Crippen molar-refractivity contribution in [1.29, 1.82) is 0 Å². The Labute approximate surface area is 106 Å². The number of hydrogen-bond donors (Lipinski definition) is 1. The van der Waals surface area contributed by atoms with Crippen LogP contribution in [0.15, 0.2) is 24.3 Å². The molecular weight excluding hydrogens is 230 g/mol. The Balaban J connectivity index is 2.47. The summed E-state index contributed by atoms with van der Waals surface area (Å²) in [7, 11) is 0. The largest absolute Gasteiger partial charge is 0.365 e. The van der Waals surface area contributed by atoms with E-state index in [1.807, 2.05) is 6.92 Å². The van der Waals surface area contributed by atoms with Gasteiger partial charge in [-0.15, -0.1) is 0 Å². The summed E-state index contributed by atoms with van der Waals surface area (Å²) in [4.78, 5) is 24.3. The van der Waals surface area contributed by atoms with Crippen molar-refractivity contribution >= 4 is 17.4 Å². The summed E-state index contributed by atoms with van der Waals surface area (Å²) in [6.07, 6.45) is 0. The molecular formula is C14H17NO3. The normalized spacial score (nSPS) is 23.4. The third kappa shape index (κ3) is 2.29. The lowest BCUT2D eigenvalue weighted by Crippen LogP contribution is -2.40. The van der Waals surface area contributed by atoms with Crippen molar-refractivity contribution in [2.24, 2.45) is 5.92 Å². The van der Waals surface area contributed by atoms with Crippen LogP contribution in [0.25, 0.3) is 0 Å². The predicted octanol–water partition coefficient (Wildman–Crippen LogP) is 2.25. The molecule has 96 valence electrons. The zero-order valence-corrected chi connectivity index (χ0v) is 10.8. The van der Waals surface area contributed by atoms with Crippen LogP contribution in [0.2, 0.25) is 0 Å². The average molecular weight is 247 g/mol.